The smallest absolute Gasteiger partial charge is 0.107 e. The van der Waals surface area contributed by atoms with E-state index in [2.05, 4.69) is 4.98 Å². The molecule has 0 atom stereocenters. The van der Waals surface area contributed by atoms with Gasteiger partial charge in [0.05, 0.1) is 9.72 Å². The molecular weight excluding hydrogens is 192 g/mol. The summed E-state index contributed by atoms with van der Waals surface area (Å²) in [6.07, 6.45) is 0. The maximum atomic E-state index is 5.93. The maximum Gasteiger partial charge on any atom is 0.107 e. The van der Waals surface area contributed by atoms with E-state index in [1.165, 1.54) is 0 Å². The number of hydrogen-bond acceptors (Lipinski definition) is 3. The van der Waals surface area contributed by atoms with Gasteiger partial charge < -0.3 is 5.73 Å². The molecule has 0 aliphatic carbocycles. The molecule has 1 aromatic heterocycles. The summed E-state index contributed by atoms with van der Waals surface area (Å²) < 4.78 is 1.10. The van der Waals surface area contributed by atoms with E-state index in [9.17, 15) is 0 Å². The minimum atomic E-state index is 0.482. The van der Waals surface area contributed by atoms with E-state index in [0.29, 0.717) is 11.6 Å². The number of nitrogens with zero attached hydrogens (tertiary/aromatic N) is 1. The first-order valence-electron chi connectivity index (χ1n) is 3.55. The third kappa shape index (κ3) is 1.20. The van der Waals surface area contributed by atoms with Crippen molar-refractivity contribution in [3.05, 3.63) is 28.2 Å². The lowest BCUT2D eigenvalue weighted by Crippen LogP contribution is -1.93. The Balaban J connectivity index is 2.74. The van der Waals surface area contributed by atoms with Crippen LogP contribution in [0.2, 0.25) is 5.02 Å². The number of rotatable bonds is 1. The summed E-state index contributed by atoms with van der Waals surface area (Å²) in [7, 11) is 0. The van der Waals surface area contributed by atoms with E-state index in [1.54, 1.807) is 11.3 Å². The molecule has 0 aliphatic heterocycles. The molecule has 0 amide bonds. The number of aromatic nitrogens is 1. The van der Waals surface area contributed by atoms with Gasteiger partial charge in [-0.3, -0.25) is 0 Å². The van der Waals surface area contributed by atoms with Gasteiger partial charge in [0.2, 0.25) is 0 Å². The van der Waals surface area contributed by atoms with Crippen LogP contribution in [-0.4, -0.2) is 4.98 Å². The van der Waals surface area contributed by atoms with Crippen LogP contribution < -0.4 is 5.73 Å². The number of benzene rings is 1. The summed E-state index contributed by atoms with van der Waals surface area (Å²) in [6.45, 7) is 0.482. The molecule has 1 heterocycles. The summed E-state index contributed by atoms with van der Waals surface area (Å²) in [5.41, 5.74) is 6.33. The molecule has 0 unspecified atom stereocenters. The molecule has 0 radical (unpaired) electrons. The molecule has 1 aromatic carbocycles. The Labute approximate surface area is 79.0 Å². The van der Waals surface area contributed by atoms with Crippen molar-refractivity contribution in [1.82, 2.24) is 4.98 Å². The number of para-hydroxylation sites is 1. The molecule has 0 spiro atoms. The molecular formula is C8H7ClN2S. The molecule has 2 rings (SSSR count). The van der Waals surface area contributed by atoms with Gasteiger partial charge in [-0.25, -0.2) is 4.98 Å². The fourth-order valence-electron chi connectivity index (χ4n) is 1.05. The molecule has 0 bridgehead atoms. The molecule has 2 N–H and O–H groups in total. The van der Waals surface area contributed by atoms with E-state index in [-0.39, 0.29) is 0 Å². The van der Waals surface area contributed by atoms with Gasteiger partial charge in [0.1, 0.15) is 10.5 Å². The molecule has 0 saturated heterocycles. The van der Waals surface area contributed by atoms with Crippen molar-refractivity contribution in [2.45, 2.75) is 6.54 Å². The van der Waals surface area contributed by atoms with Gasteiger partial charge in [-0.2, -0.15) is 0 Å². The fourth-order valence-corrected chi connectivity index (χ4v) is 2.19. The first-order chi connectivity index (χ1) is 5.81. The molecule has 2 aromatic rings. The quantitative estimate of drug-likeness (QED) is 0.765. The Morgan fingerprint density at radius 2 is 2.33 bits per heavy atom. The minimum absolute atomic E-state index is 0.482. The van der Waals surface area contributed by atoms with Crippen LogP contribution in [0.25, 0.3) is 10.2 Å². The number of hydrogen-bond donors (Lipinski definition) is 1. The van der Waals surface area contributed by atoms with Crippen LogP contribution in [0.5, 0.6) is 0 Å². The average molecular weight is 199 g/mol. The van der Waals surface area contributed by atoms with Gasteiger partial charge in [-0.05, 0) is 12.1 Å². The van der Waals surface area contributed by atoms with Gasteiger partial charge in [0, 0.05) is 6.54 Å². The van der Waals surface area contributed by atoms with Crippen LogP contribution in [0.1, 0.15) is 5.01 Å². The highest BCUT2D eigenvalue weighted by molar-refractivity contribution is 7.18. The Morgan fingerprint density at radius 1 is 1.50 bits per heavy atom. The van der Waals surface area contributed by atoms with Crippen LogP contribution in [-0.2, 0) is 6.54 Å². The first kappa shape index (κ1) is 7.98. The Hall–Kier alpha value is -0.640. The van der Waals surface area contributed by atoms with E-state index in [0.717, 1.165) is 15.2 Å². The summed E-state index contributed by atoms with van der Waals surface area (Å²) in [5.74, 6) is 0. The van der Waals surface area contributed by atoms with Crippen molar-refractivity contribution in [3.63, 3.8) is 0 Å². The molecule has 2 nitrogen and oxygen atoms in total. The van der Waals surface area contributed by atoms with Crippen molar-refractivity contribution >= 4 is 33.2 Å². The topological polar surface area (TPSA) is 38.9 Å². The zero-order valence-corrected chi connectivity index (χ0v) is 7.82. The van der Waals surface area contributed by atoms with Crippen LogP contribution in [0.15, 0.2) is 18.2 Å². The number of fused-ring (bicyclic) bond motifs is 1. The van der Waals surface area contributed by atoms with Gasteiger partial charge >= 0.3 is 0 Å². The maximum absolute atomic E-state index is 5.93. The van der Waals surface area contributed by atoms with Crippen LogP contribution in [0.3, 0.4) is 0 Å². The zero-order chi connectivity index (χ0) is 8.55. The molecule has 0 aliphatic rings. The molecule has 0 fully saturated rings. The SMILES string of the molecule is NCc1nc2c(Cl)cccc2s1. The third-order valence-corrected chi connectivity index (χ3v) is 2.94. The van der Waals surface area contributed by atoms with E-state index in [4.69, 9.17) is 17.3 Å². The second-order valence-corrected chi connectivity index (χ2v) is 3.92. The van der Waals surface area contributed by atoms with Gasteiger partial charge in [0.15, 0.2) is 0 Å². The van der Waals surface area contributed by atoms with Crippen molar-refractivity contribution in [1.29, 1.82) is 0 Å². The lowest BCUT2D eigenvalue weighted by molar-refractivity contribution is 1.05. The Kier molecular flexibility index (Phi) is 2.00. The number of nitrogens with two attached hydrogens (primary N) is 1. The van der Waals surface area contributed by atoms with Crippen molar-refractivity contribution < 1.29 is 0 Å². The van der Waals surface area contributed by atoms with Gasteiger partial charge in [-0.1, -0.05) is 17.7 Å². The predicted octanol–water partition coefficient (Wildman–Crippen LogP) is 2.41. The highest BCUT2D eigenvalue weighted by Crippen LogP contribution is 2.27. The molecule has 62 valence electrons. The summed E-state index contributed by atoms with van der Waals surface area (Å²) >= 11 is 7.52. The highest BCUT2D eigenvalue weighted by atomic mass is 35.5. The van der Waals surface area contributed by atoms with Crippen molar-refractivity contribution in [2.75, 3.05) is 0 Å². The van der Waals surface area contributed by atoms with Crippen LogP contribution >= 0.6 is 22.9 Å². The monoisotopic (exact) mass is 198 g/mol. The zero-order valence-electron chi connectivity index (χ0n) is 6.25. The van der Waals surface area contributed by atoms with Gasteiger partial charge in [-0.15, -0.1) is 11.3 Å². The average Bonchev–Trinajstić information content (AvgIpc) is 2.49. The molecule has 0 saturated carbocycles. The van der Waals surface area contributed by atoms with E-state index >= 15 is 0 Å². The van der Waals surface area contributed by atoms with Crippen LogP contribution in [0, 0.1) is 0 Å². The van der Waals surface area contributed by atoms with Gasteiger partial charge in [0.25, 0.3) is 0 Å². The normalized spacial score (nSPS) is 10.8. The highest BCUT2D eigenvalue weighted by Gasteiger charge is 2.04. The number of halogens is 1. The minimum Gasteiger partial charge on any atom is -0.325 e. The standard InChI is InChI=1S/C8H7ClN2S/c9-5-2-1-3-6-8(5)11-7(4-10)12-6/h1-3H,4,10H2. The Bertz CT molecular complexity index is 410. The third-order valence-electron chi connectivity index (χ3n) is 1.59. The fraction of sp³-hybridized carbons (Fsp3) is 0.125. The van der Waals surface area contributed by atoms with E-state index in [1.807, 2.05) is 18.2 Å². The lowest BCUT2D eigenvalue weighted by Gasteiger charge is -1.88. The first-order valence-corrected chi connectivity index (χ1v) is 4.74. The second kappa shape index (κ2) is 3.01. The molecule has 12 heavy (non-hydrogen) atoms. The van der Waals surface area contributed by atoms with Crippen molar-refractivity contribution in [3.8, 4) is 0 Å². The summed E-state index contributed by atoms with van der Waals surface area (Å²) in [6, 6.07) is 5.76. The van der Waals surface area contributed by atoms with E-state index < -0.39 is 0 Å². The number of thiazole rings is 1. The largest absolute Gasteiger partial charge is 0.325 e. The molecule has 4 heteroatoms. The second-order valence-electron chi connectivity index (χ2n) is 2.40. The Morgan fingerprint density at radius 3 is 3.00 bits per heavy atom. The predicted molar refractivity (Wildman–Crippen MR) is 52.5 cm³/mol. The van der Waals surface area contributed by atoms with Crippen molar-refractivity contribution in [2.24, 2.45) is 5.73 Å². The summed E-state index contributed by atoms with van der Waals surface area (Å²) in [5, 5.41) is 1.63. The lowest BCUT2D eigenvalue weighted by atomic mass is 10.3. The summed E-state index contributed by atoms with van der Waals surface area (Å²) in [4.78, 5) is 4.29. The van der Waals surface area contributed by atoms with Crippen LogP contribution in [0.4, 0.5) is 0 Å².